The first-order valence-electron chi connectivity index (χ1n) is 7.55. The van der Waals surface area contributed by atoms with Crippen molar-refractivity contribution in [2.45, 2.75) is 58.9 Å². The van der Waals surface area contributed by atoms with E-state index in [0.29, 0.717) is 18.1 Å². The average molecular weight is 281 g/mol. The average Bonchev–Trinajstić information content (AvgIpc) is 2.91. The van der Waals surface area contributed by atoms with E-state index in [4.69, 9.17) is 10.2 Å². The Labute approximate surface area is 121 Å². The largest absolute Gasteiger partial charge is 0.446 e. The number of aromatic nitrogens is 1. The Morgan fingerprint density at radius 1 is 1.35 bits per heavy atom. The number of rotatable bonds is 9. The fourth-order valence-corrected chi connectivity index (χ4v) is 1.85. The molecule has 1 heterocycles. The molecule has 5 heteroatoms. The van der Waals surface area contributed by atoms with Crippen molar-refractivity contribution < 1.29 is 9.21 Å². The van der Waals surface area contributed by atoms with Crippen LogP contribution in [-0.4, -0.2) is 17.4 Å². The van der Waals surface area contributed by atoms with Crippen molar-refractivity contribution in [1.29, 1.82) is 0 Å². The summed E-state index contributed by atoms with van der Waals surface area (Å²) in [5.74, 6) is 0.461. The maximum atomic E-state index is 11.9. The zero-order valence-electron chi connectivity index (χ0n) is 12.8. The third-order valence-corrected chi connectivity index (χ3v) is 3.32. The van der Waals surface area contributed by atoms with Gasteiger partial charge in [0.05, 0.1) is 6.04 Å². The van der Waals surface area contributed by atoms with Crippen molar-refractivity contribution in [2.24, 2.45) is 11.7 Å². The summed E-state index contributed by atoms with van der Waals surface area (Å²) in [7, 11) is 0. The van der Waals surface area contributed by atoms with Gasteiger partial charge in [-0.25, -0.2) is 4.98 Å². The van der Waals surface area contributed by atoms with E-state index in [1.807, 2.05) is 13.8 Å². The number of nitrogens with two attached hydrogens (primary N) is 1. The molecule has 0 fully saturated rings. The molecule has 1 atom stereocenters. The van der Waals surface area contributed by atoms with Crippen molar-refractivity contribution in [3.63, 3.8) is 0 Å². The summed E-state index contributed by atoms with van der Waals surface area (Å²) in [6.45, 7) is 6.85. The van der Waals surface area contributed by atoms with Crippen LogP contribution in [0.2, 0.25) is 0 Å². The molecule has 0 spiro atoms. The van der Waals surface area contributed by atoms with Gasteiger partial charge >= 0.3 is 0 Å². The minimum Gasteiger partial charge on any atom is -0.446 e. The third-order valence-electron chi connectivity index (χ3n) is 3.32. The Balaban J connectivity index is 2.33. The molecular formula is C15H27N3O2. The molecule has 1 unspecified atom stereocenters. The Hall–Kier alpha value is -1.36. The number of oxazole rings is 1. The van der Waals surface area contributed by atoms with Crippen LogP contribution in [-0.2, 0) is 0 Å². The topological polar surface area (TPSA) is 81.2 Å². The normalized spacial score (nSPS) is 12.7. The van der Waals surface area contributed by atoms with Crippen molar-refractivity contribution in [3.05, 3.63) is 17.8 Å². The minimum absolute atomic E-state index is 0.188. The highest BCUT2D eigenvalue weighted by molar-refractivity contribution is 5.91. The molecular weight excluding hydrogens is 254 g/mol. The Morgan fingerprint density at radius 3 is 2.70 bits per heavy atom. The lowest BCUT2D eigenvalue weighted by Crippen LogP contribution is -2.25. The Bertz CT molecular complexity index is 402. The third kappa shape index (κ3) is 5.33. The smallest absolute Gasteiger partial charge is 0.273 e. The summed E-state index contributed by atoms with van der Waals surface area (Å²) in [5, 5.41) is 2.86. The minimum atomic E-state index is -0.273. The van der Waals surface area contributed by atoms with E-state index < -0.39 is 0 Å². The number of nitrogens with zero attached hydrogens (tertiary/aromatic N) is 1. The molecule has 5 nitrogen and oxygen atoms in total. The fourth-order valence-electron chi connectivity index (χ4n) is 1.85. The van der Waals surface area contributed by atoms with E-state index in [0.717, 1.165) is 12.8 Å². The van der Waals surface area contributed by atoms with Gasteiger partial charge in [-0.05, 0) is 12.3 Å². The predicted molar refractivity (Wildman–Crippen MR) is 79.4 cm³/mol. The lowest BCUT2D eigenvalue weighted by Gasteiger charge is -2.10. The van der Waals surface area contributed by atoms with E-state index >= 15 is 0 Å². The maximum Gasteiger partial charge on any atom is 0.273 e. The quantitative estimate of drug-likeness (QED) is 0.682. The van der Waals surface area contributed by atoms with E-state index in [1.54, 1.807) is 0 Å². The van der Waals surface area contributed by atoms with E-state index in [1.165, 1.54) is 25.5 Å². The van der Waals surface area contributed by atoms with Gasteiger partial charge in [0.15, 0.2) is 5.69 Å². The molecule has 0 aromatic carbocycles. The molecule has 0 aliphatic heterocycles. The summed E-state index contributed by atoms with van der Waals surface area (Å²) < 4.78 is 5.27. The fraction of sp³-hybridized carbons (Fsp3) is 0.733. The van der Waals surface area contributed by atoms with Crippen LogP contribution in [0, 0.1) is 5.92 Å². The molecule has 0 aliphatic rings. The molecule has 0 saturated heterocycles. The van der Waals surface area contributed by atoms with Crippen LogP contribution >= 0.6 is 0 Å². The van der Waals surface area contributed by atoms with Crippen LogP contribution in [0.25, 0.3) is 0 Å². The SMILES string of the molecule is CCCCCCCNC(=O)c1coc(C(N)C(C)C)n1. The summed E-state index contributed by atoms with van der Waals surface area (Å²) in [5.41, 5.74) is 6.24. The van der Waals surface area contributed by atoms with Gasteiger partial charge in [-0.2, -0.15) is 0 Å². The van der Waals surface area contributed by atoms with Crippen LogP contribution in [0.4, 0.5) is 0 Å². The lowest BCUT2D eigenvalue weighted by molar-refractivity contribution is 0.0948. The number of hydrogen-bond donors (Lipinski definition) is 2. The number of unbranched alkanes of at least 4 members (excludes halogenated alkanes) is 4. The summed E-state index contributed by atoms with van der Waals surface area (Å²) >= 11 is 0. The Morgan fingerprint density at radius 2 is 2.05 bits per heavy atom. The number of carbonyl (C=O) groups excluding carboxylic acids is 1. The highest BCUT2D eigenvalue weighted by Gasteiger charge is 2.19. The molecule has 0 radical (unpaired) electrons. The number of nitrogens with one attached hydrogen (secondary N) is 1. The highest BCUT2D eigenvalue weighted by Crippen LogP contribution is 2.17. The van der Waals surface area contributed by atoms with E-state index in [-0.39, 0.29) is 17.9 Å². The number of hydrogen-bond acceptors (Lipinski definition) is 4. The molecule has 20 heavy (non-hydrogen) atoms. The van der Waals surface area contributed by atoms with Crippen molar-refractivity contribution in [1.82, 2.24) is 10.3 Å². The number of carbonyl (C=O) groups is 1. The standard InChI is InChI=1S/C15H27N3O2/c1-4-5-6-7-8-9-17-14(19)12-10-20-15(18-12)13(16)11(2)3/h10-11,13H,4-9,16H2,1-3H3,(H,17,19). The first-order valence-corrected chi connectivity index (χ1v) is 7.55. The molecule has 3 N–H and O–H groups in total. The molecule has 114 valence electrons. The zero-order valence-corrected chi connectivity index (χ0v) is 12.8. The van der Waals surface area contributed by atoms with Gasteiger partial charge in [-0.3, -0.25) is 4.79 Å². The monoisotopic (exact) mass is 281 g/mol. The highest BCUT2D eigenvalue weighted by atomic mass is 16.3. The maximum absolute atomic E-state index is 11.9. The van der Waals surface area contributed by atoms with Crippen LogP contribution in [0.15, 0.2) is 10.7 Å². The summed E-state index contributed by atoms with van der Waals surface area (Å²) in [6, 6.07) is -0.273. The second kappa shape index (κ2) is 8.74. The van der Waals surface area contributed by atoms with Gasteiger partial charge in [-0.15, -0.1) is 0 Å². The van der Waals surface area contributed by atoms with Gasteiger partial charge in [0.2, 0.25) is 5.89 Å². The van der Waals surface area contributed by atoms with Crippen molar-refractivity contribution in [2.75, 3.05) is 6.54 Å². The molecule has 0 saturated carbocycles. The van der Waals surface area contributed by atoms with Crippen molar-refractivity contribution >= 4 is 5.91 Å². The Kier molecular flexibility index (Phi) is 7.30. The van der Waals surface area contributed by atoms with Gasteiger partial charge in [0, 0.05) is 6.54 Å². The zero-order chi connectivity index (χ0) is 15.0. The second-order valence-corrected chi connectivity index (χ2v) is 5.51. The van der Waals surface area contributed by atoms with Crippen LogP contribution in [0.1, 0.15) is 75.3 Å². The van der Waals surface area contributed by atoms with Crippen LogP contribution < -0.4 is 11.1 Å². The van der Waals surface area contributed by atoms with E-state index in [9.17, 15) is 4.79 Å². The van der Waals surface area contributed by atoms with Gasteiger partial charge < -0.3 is 15.5 Å². The van der Waals surface area contributed by atoms with Gasteiger partial charge in [0.25, 0.3) is 5.91 Å². The molecule has 0 bridgehead atoms. The molecule has 1 amide bonds. The van der Waals surface area contributed by atoms with Crippen LogP contribution in [0.5, 0.6) is 0 Å². The second-order valence-electron chi connectivity index (χ2n) is 5.51. The van der Waals surface area contributed by atoms with Gasteiger partial charge in [0.1, 0.15) is 6.26 Å². The van der Waals surface area contributed by atoms with Gasteiger partial charge in [-0.1, -0.05) is 46.5 Å². The molecule has 1 aromatic rings. The molecule has 1 rings (SSSR count). The lowest BCUT2D eigenvalue weighted by atomic mass is 10.1. The molecule has 0 aliphatic carbocycles. The summed E-state index contributed by atoms with van der Waals surface area (Å²) in [6.07, 6.45) is 7.24. The first-order chi connectivity index (χ1) is 9.56. The van der Waals surface area contributed by atoms with E-state index in [2.05, 4.69) is 17.2 Å². The van der Waals surface area contributed by atoms with Crippen LogP contribution in [0.3, 0.4) is 0 Å². The molecule has 1 aromatic heterocycles. The number of amides is 1. The van der Waals surface area contributed by atoms with Crippen molar-refractivity contribution in [3.8, 4) is 0 Å². The summed E-state index contributed by atoms with van der Waals surface area (Å²) in [4.78, 5) is 16.0. The predicted octanol–water partition coefficient (Wildman–Crippen LogP) is 3.03. The first kappa shape index (κ1) is 16.7.